The van der Waals surface area contributed by atoms with Crippen molar-refractivity contribution < 1.29 is 19.1 Å². The van der Waals surface area contributed by atoms with Gasteiger partial charge in [-0.3, -0.25) is 9.59 Å². The predicted octanol–water partition coefficient (Wildman–Crippen LogP) is 1.38. The van der Waals surface area contributed by atoms with Crippen LogP contribution in [0.1, 0.15) is 26.3 Å². The lowest BCUT2D eigenvalue weighted by Crippen LogP contribution is -2.54. The molecule has 6 heteroatoms. The van der Waals surface area contributed by atoms with Gasteiger partial charge in [-0.2, -0.15) is 0 Å². The Morgan fingerprint density at radius 1 is 1.00 bits per heavy atom. The Morgan fingerprint density at radius 2 is 1.61 bits per heavy atom. The Morgan fingerprint density at radius 3 is 2.26 bits per heavy atom. The van der Waals surface area contributed by atoms with Crippen LogP contribution in [0.5, 0.6) is 11.5 Å². The van der Waals surface area contributed by atoms with E-state index in [0.29, 0.717) is 37.7 Å². The summed E-state index contributed by atoms with van der Waals surface area (Å²) in [7, 11) is 0. The second kappa shape index (κ2) is 5.76. The zero-order valence-electron chi connectivity index (χ0n) is 13.8. The van der Waals surface area contributed by atoms with Crippen LogP contribution in [-0.2, 0) is 15.0 Å². The molecule has 0 spiro atoms. The summed E-state index contributed by atoms with van der Waals surface area (Å²) in [5.74, 6) is 1.53. The Hall–Kier alpha value is -2.24. The molecule has 0 saturated carbocycles. The standard InChI is InChI=1S/C17H22N2O4/c1-12(20)18-6-8-19(9-7-18)16(21)17(2,3)13-4-5-14-15(10-13)23-11-22-14/h4-5,10H,6-9,11H2,1-3H3. The van der Waals surface area contributed by atoms with Crippen LogP contribution in [0.4, 0.5) is 0 Å². The molecule has 1 aromatic rings. The van der Waals surface area contributed by atoms with Crippen LogP contribution in [0.15, 0.2) is 18.2 Å². The number of amides is 2. The molecule has 0 bridgehead atoms. The van der Waals surface area contributed by atoms with Gasteiger partial charge in [0.15, 0.2) is 11.5 Å². The molecule has 0 aliphatic carbocycles. The fourth-order valence-electron chi connectivity index (χ4n) is 3.03. The van der Waals surface area contributed by atoms with Crippen molar-refractivity contribution in [1.29, 1.82) is 0 Å². The van der Waals surface area contributed by atoms with Gasteiger partial charge < -0.3 is 19.3 Å². The highest BCUT2D eigenvalue weighted by molar-refractivity contribution is 5.88. The summed E-state index contributed by atoms with van der Waals surface area (Å²) < 4.78 is 10.7. The van der Waals surface area contributed by atoms with E-state index < -0.39 is 5.41 Å². The Kier molecular flexibility index (Phi) is 3.92. The number of fused-ring (bicyclic) bond motifs is 1. The first-order valence-electron chi connectivity index (χ1n) is 7.84. The molecule has 1 aromatic carbocycles. The zero-order valence-corrected chi connectivity index (χ0v) is 13.8. The van der Waals surface area contributed by atoms with Crippen LogP contribution in [0.25, 0.3) is 0 Å². The number of ether oxygens (including phenoxy) is 2. The lowest BCUT2D eigenvalue weighted by atomic mass is 9.82. The second-order valence-corrected chi connectivity index (χ2v) is 6.49. The van der Waals surface area contributed by atoms with E-state index in [9.17, 15) is 9.59 Å². The maximum atomic E-state index is 12.9. The van der Waals surface area contributed by atoms with Crippen LogP contribution < -0.4 is 9.47 Å². The number of benzene rings is 1. The largest absolute Gasteiger partial charge is 0.454 e. The number of hydrogen-bond acceptors (Lipinski definition) is 4. The predicted molar refractivity (Wildman–Crippen MR) is 84.4 cm³/mol. The van der Waals surface area contributed by atoms with Crippen LogP contribution >= 0.6 is 0 Å². The van der Waals surface area contributed by atoms with Crippen LogP contribution in [-0.4, -0.2) is 54.6 Å². The van der Waals surface area contributed by atoms with E-state index in [-0.39, 0.29) is 18.6 Å². The molecule has 2 amide bonds. The Bertz CT molecular complexity index is 633. The van der Waals surface area contributed by atoms with Gasteiger partial charge in [0.05, 0.1) is 5.41 Å². The summed E-state index contributed by atoms with van der Waals surface area (Å²) in [6.07, 6.45) is 0. The minimum Gasteiger partial charge on any atom is -0.454 e. The minimum absolute atomic E-state index is 0.0622. The van der Waals surface area contributed by atoms with Gasteiger partial charge in [-0.05, 0) is 31.5 Å². The highest BCUT2D eigenvalue weighted by Crippen LogP contribution is 2.37. The van der Waals surface area contributed by atoms with E-state index in [1.165, 1.54) is 0 Å². The lowest BCUT2D eigenvalue weighted by Gasteiger charge is -2.38. The first-order valence-corrected chi connectivity index (χ1v) is 7.84. The van der Waals surface area contributed by atoms with E-state index in [0.717, 1.165) is 5.56 Å². The topological polar surface area (TPSA) is 59.1 Å². The SMILES string of the molecule is CC(=O)N1CCN(C(=O)C(C)(C)c2ccc3c(c2)OCO3)CC1. The van der Waals surface area contributed by atoms with Crippen molar-refractivity contribution in [2.24, 2.45) is 0 Å². The summed E-state index contributed by atoms with van der Waals surface area (Å²) in [5.41, 5.74) is 0.250. The minimum atomic E-state index is -0.653. The summed E-state index contributed by atoms with van der Waals surface area (Å²) >= 11 is 0. The quantitative estimate of drug-likeness (QED) is 0.827. The van der Waals surface area contributed by atoms with Gasteiger partial charge in [-0.25, -0.2) is 0 Å². The van der Waals surface area contributed by atoms with Gasteiger partial charge in [-0.1, -0.05) is 6.07 Å². The molecule has 2 heterocycles. The van der Waals surface area contributed by atoms with Crippen LogP contribution in [0.2, 0.25) is 0 Å². The van der Waals surface area contributed by atoms with E-state index in [2.05, 4.69) is 0 Å². The highest BCUT2D eigenvalue weighted by atomic mass is 16.7. The van der Waals surface area contributed by atoms with Crippen molar-refractivity contribution in [2.45, 2.75) is 26.2 Å². The monoisotopic (exact) mass is 318 g/mol. The van der Waals surface area contributed by atoms with Gasteiger partial charge in [0.25, 0.3) is 0 Å². The summed E-state index contributed by atoms with van der Waals surface area (Å²) in [5, 5.41) is 0. The maximum absolute atomic E-state index is 12.9. The molecule has 23 heavy (non-hydrogen) atoms. The van der Waals surface area contributed by atoms with E-state index in [1.807, 2.05) is 36.9 Å². The average Bonchev–Trinajstić information content (AvgIpc) is 3.01. The molecule has 1 fully saturated rings. The number of piperazine rings is 1. The molecule has 0 radical (unpaired) electrons. The van der Waals surface area contributed by atoms with Crippen molar-refractivity contribution in [2.75, 3.05) is 33.0 Å². The van der Waals surface area contributed by atoms with Crippen molar-refractivity contribution in [3.8, 4) is 11.5 Å². The van der Waals surface area contributed by atoms with Gasteiger partial charge in [0.2, 0.25) is 18.6 Å². The average molecular weight is 318 g/mol. The molecule has 0 aromatic heterocycles. The fourth-order valence-corrected chi connectivity index (χ4v) is 3.03. The summed E-state index contributed by atoms with van der Waals surface area (Å²) in [6, 6.07) is 5.64. The first-order chi connectivity index (χ1) is 10.9. The number of carbonyl (C=O) groups excluding carboxylic acids is 2. The third-order valence-electron chi connectivity index (χ3n) is 4.64. The van der Waals surface area contributed by atoms with E-state index >= 15 is 0 Å². The van der Waals surface area contributed by atoms with E-state index in [4.69, 9.17) is 9.47 Å². The Labute approximate surface area is 136 Å². The zero-order chi connectivity index (χ0) is 16.6. The molecule has 0 N–H and O–H groups in total. The number of rotatable bonds is 2. The maximum Gasteiger partial charge on any atom is 0.232 e. The highest BCUT2D eigenvalue weighted by Gasteiger charge is 2.36. The number of nitrogens with zero attached hydrogens (tertiary/aromatic N) is 2. The van der Waals surface area contributed by atoms with E-state index in [1.54, 1.807) is 11.8 Å². The smallest absolute Gasteiger partial charge is 0.232 e. The molecule has 2 aliphatic rings. The molecule has 6 nitrogen and oxygen atoms in total. The summed E-state index contributed by atoms with van der Waals surface area (Å²) in [4.78, 5) is 28.0. The molecule has 0 atom stereocenters. The fraction of sp³-hybridized carbons (Fsp3) is 0.529. The number of carbonyl (C=O) groups is 2. The van der Waals surface area contributed by atoms with Crippen molar-refractivity contribution in [3.05, 3.63) is 23.8 Å². The van der Waals surface area contributed by atoms with Gasteiger partial charge in [0, 0.05) is 33.1 Å². The van der Waals surface area contributed by atoms with Crippen molar-refractivity contribution in [3.63, 3.8) is 0 Å². The van der Waals surface area contributed by atoms with Crippen LogP contribution in [0, 0.1) is 0 Å². The molecule has 1 saturated heterocycles. The normalized spacial score (nSPS) is 17.3. The van der Waals surface area contributed by atoms with Crippen molar-refractivity contribution in [1.82, 2.24) is 9.80 Å². The molecule has 3 rings (SSSR count). The molecule has 0 unspecified atom stereocenters. The van der Waals surface area contributed by atoms with Crippen LogP contribution in [0.3, 0.4) is 0 Å². The molecule has 124 valence electrons. The molecular weight excluding hydrogens is 296 g/mol. The van der Waals surface area contributed by atoms with Gasteiger partial charge in [-0.15, -0.1) is 0 Å². The molecule has 2 aliphatic heterocycles. The third kappa shape index (κ3) is 2.85. The van der Waals surface area contributed by atoms with Crippen molar-refractivity contribution >= 4 is 11.8 Å². The number of hydrogen-bond donors (Lipinski definition) is 0. The summed E-state index contributed by atoms with van der Waals surface area (Å²) in [6.45, 7) is 7.97. The lowest BCUT2D eigenvalue weighted by molar-refractivity contribution is -0.141. The molecular formula is C17H22N2O4. The van der Waals surface area contributed by atoms with Gasteiger partial charge >= 0.3 is 0 Å². The van der Waals surface area contributed by atoms with Gasteiger partial charge in [0.1, 0.15) is 0 Å². The Balaban J connectivity index is 1.74. The first kappa shape index (κ1) is 15.6. The third-order valence-corrected chi connectivity index (χ3v) is 4.64. The second-order valence-electron chi connectivity index (χ2n) is 6.49.